The van der Waals surface area contributed by atoms with E-state index in [2.05, 4.69) is 33.5 Å². The normalized spacial score (nSPS) is 16.1. The smallest absolute Gasteiger partial charge is 0.253 e. The fraction of sp³-hybridized carbons (Fsp3) is 0.636. The molecule has 1 fully saturated rings. The first-order chi connectivity index (χ1) is 13.5. The molecule has 0 unspecified atom stereocenters. The standard InChI is InChI=1S/C22H37N5O/c1-5-27-15-11-18(12-16-27)9-13-24-22(23-2)25-14-10-19-7-6-8-20(17-19)21(28)26(3)4/h6-8,17-18H,5,9-16H2,1-4H3,(H2,23,24,25). The van der Waals surface area contributed by atoms with Crippen LogP contribution in [0.5, 0.6) is 0 Å². The van der Waals surface area contributed by atoms with Gasteiger partial charge in [0, 0.05) is 39.8 Å². The summed E-state index contributed by atoms with van der Waals surface area (Å²) in [6.07, 6.45) is 4.67. The number of amides is 1. The van der Waals surface area contributed by atoms with Crippen molar-refractivity contribution in [1.29, 1.82) is 0 Å². The molecule has 1 aliphatic heterocycles. The third kappa shape index (κ3) is 7.15. The molecule has 6 heteroatoms. The SMILES string of the molecule is CCN1CCC(CCNC(=NC)NCCc2cccc(C(=O)N(C)C)c2)CC1. The summed E-state index contributed by atoms with van der Waals surface area (Å²) in [6.45, 7) is 7.65. The lowest BCUT2D eigenvalue weighted by Gasteiger charge is -2.31. The summed E-state index contributed by atoms with van der Waals surface area (Å²) < 4.78 is 0. The molecule has 0 radical (unpaired) electrons. The van der Waals surface area contributed by atoms with Crippen molar-refractivity contribution in [2.24, 2.45) is 10.9 Å². The largest absolute Gasteiger partial charge is 0.356 e. The summed E-state index contributed by atoms with van der Waals surface area (Å²) in [5.41, 5.74) is 1.89. The summed E-state index contributed by atoms with van der Waals surface area (Å²) in [5.74, 6) is 1.72. The molecule has 156 valence electrons. The molecule has 0 bridgehead atoms. The number of hydrogen-bond donors (Lipinski definition) is 2. The molecular formula is C22H37N5O. The lowest BCUT2D eigenvalue weighted by molar-refractivity contribution is 0.0827. The minimum Gasteiger partial charge on any atom is -0.356 e. The van der Waals surface area contributed by atoms with Gasteiger partial charge in [-0.1, -0.05) is 19.1 Å². The molecule has 1 aromatic rings. The van der Waals surface area contributed by atoms with Crippen LogP contribution in [0.25, 0.3) is 0 Å². The van der Waals surface area contributed by atoms with Crippen LogP contribution in [0.4, 0.5) is 0 Å². The molecule has 1 saturated heterocycles. The molecular weight excluding hydrogens is 350 g/mol. The summed E-state index contributed by atoms with van der Waals surface area (Å²) in [4.78, 5) is 20.5. The van der Waals surface area contributed by atoms with Crippen LogP contribution in [0, 0.1) is 5.92 Å². The minimum atomic E-state index is 0.0389. The molecule has 0 atom stereocenters. The van der Waals surface area contributed by atoms with E-state index in [1.807, 2.05) is 25.2 Å². The van der Waals surface area contributed by atoms with Gasteiger partial charge < -0.3 is 20.4 Å². The number of carbonyl (C=O) groups is 1. The Morgan fingerprint density at radius 3 is 2.57 bits per heavy atom. The molecule has 0 aromatic heterocycles. The van der Waals surface area contributed by atoms with Crippen molar-refractivity contribution in [1.82, 2.24) is 20.4 Å². The number of hydrogen-bond acceptors (Lipinski definition) is 3. The van der Waals surface area contributed by atoms with Crippen molar-refractivity contribution >= 4 is 11.9 Å². The number of piperidine rings is 1. The van der Waals surface area contributed by atoms with Gasteiger partial charge in [0.05, 0.1) is 0 Å². The number of nitrogens with zero attached hydrogens (tertiary/aromatic N) is 3. The molecule has 6 nitrogen and oxygen atoms in total. The van der Waals surface area contributed by atoms with E-state index in [4.69, 9.17) is 0 Å². The first-order valence-electron chi connectivity index (χ1n) is 10.5. The Morgan fingerprint density at radius 1 is 1.21 bits per heavy atom. The number of aliphatic imine (C=N–C) groups is 1. The van der Waals surface area contributed by atoms with Crippen molar-refractivity contribution in [2.75, 3.05) is 53.9 Å². The molecule has 0 aliphatic carbocycles. The number of benzene rings is 1. The first kappa shape index (κ1) is 22.2. The average molecular weight is 388 g/mol. The van der Waals surface area contributed by atoms with Gasteiger partial charge in [-0.15, -0.1) is 0 Å². The Morgan fingerprint density at radius 2 is 1.93 bits per heavy atom. The maximum Gasteiger partial charge on any atom is 0.253 e. The van der Waals surface area contributed by atoms with Crippen molar-refractivity contribution < 1.29 is 4.79 Å². The van der Waals surface area contributed by atoms with Gasteiger partial charge in [0.15, 0.2) is 5.96 Å². The highest BCUT2D eigenvalue weighted by Crippen LogP contribution is 2.19. The Bertz CT molecular complexity index is 636. The molecule has 0 saturated carbocycles. The van der Waals surface area contributed by atoms with Crippen LogP contribution in [0.3, 0.4) is 0 Å². The Hall–Kier alpha value is -2.08. The number of likely N-dealkylation sites (tertiary alicyclic amines) is 1. The maximum absolute atomic E-state index is 12.1. The fourth-order valence-electron chi connectivity index (χ4n) is 3.65. The van der Waals surface area contributed by atoms with Crippen molar-refractivity contribution in [3.8, 4) is 0 Å². The zero-order chi connectivity index (χ0) is 20.4. The van der Waals surface area contributed by atoms with Crippen molar-refractivity contribution in [2.45, 2.75) is 32.6 Å². The lowest BCUT2D eigenvalue weighted by Crippen LogP contribution is -2.40. The van der Waals surface area contributed by atoms with Crippen LogP contribution in [-0.4, -0.2) is 75.5 Å². The van der Waals surface area contributed by atoms with Crippen LogP contribution < -0.4 is 10.6 Å². The van der Waals surface area contributed by atoms with Crippen LogP contribution in [0.15, 0.2) is 29.3 Å². The lowest BCUT2D eigenvalue weighted by atomic mass is 9.93. The summed E-state index contributed by atoms with van der Waals surface area (Å²) in [7, 11) is 5.37. The van der Waals surface area contributed by atoms with E-state index in [1.165, 1.54) is 38.9 Å². The number of carbonyl (C=O) groups excluding carboxylic acids is 1. The van der Waals surface area contributed by atoms with Crippen molar-refractivity contribution in [3.63, 3.8) is 0 Å². The van der Waals surface area contributed by atoms with Gasteiger partial charge in [-0.25, -0.2) is 0 Å². The van der Waals surface area contributed by atoms with E-state index in [0.29, 0.717) is 0 Å². The average Bonchev–Trinajstić information content (AvgIpc) is 2.72. The van der Waals surface area contributed by atoms with Crippen molar-refractivity contribution in [3.05, 3.63) is 35.4 Å². The second-order valence-electron chi connectivity index (χ2n) is 7.74. The van der Waals surface area contributed by atoms with Crippen LogP contribution in [0.2, 0.25) is 0 Å². The molecule has 1 aliphatic rings. The van der Waals surface area contributed by atoms with E-state index >= 15 is 0 Å². The van der Waals surface area contributed by atoms with E-state index in [9.17, 15) is 4.79 Å². The highest BCUT2D eigenvalue weighted by atomic mass is 16.2. The summed E-state index contributed by atoms with van der Waals surface area (Å²) >= 11 is 0. The molecule has 1 amide bonds. The summed E-state index contributed by atoms with van der Waals surface area (Å²) in [5, 5.41) is 6.82. The molecule has 0 spiro atoms. The monoisotopic (exact) mass is 387 g/mol. The van der Waals surface area contributed by atoms with Gasteiger partial charge in [0.25, 0.3) is 5.91 Å². The molecule has 1 heterocycles. The third-order valence-electron chi connectivity index (χ3n) is 5.51. The summed E-state index contributed by atoms with van der Waals surface area (Å²) in [6, 6.07) is 7.85. The van der Waals surface area contributed by atoms with Crippen LogP contribution >= 0.6 is 0 Å². The number of guanidine groups is 1. The van der Waals surface area contributed by atoms with Gasteiger partial charge in [0.1, 0.15) is 0 Å². The predicted molar refractivity (Wildman–Crippen MR) is 117 cm³/mol. The minimum absolute atomic E-state index is 0.0389. The van der Waals surface area contributed by atoms with Gasteiger partial charge >= 0.3 is 0 Å². The number of nitrogens with one attached hydrogen (secondary N) is 2. The predicted octanol–water partition coefficient (Wildman–Crippen LogP) is 2.22. The van der Waals surface area contributed by atoms with E-state index in [0.717, 1.165) is 42.5 Å². The van der Waals surface area contributed by atoms with E-state index in [1.54, 1.807) is 19.0 Å². The fourth-order valence-corrected chi connectivity index (χ4v) is 3.65. The molecule has 2 rings (SSSR count). The van der Waals surface area contributed by atoms with Gasteiger partial charge in [-0.3, -0.25) is 9.79 Å². The Balaban J connectivity index is 1.68. The van der Waals surface area contributed by atoms with Gasteiger partial charge in [0.2, 0.25) is 0 Å². The molecule has 2 N–H and O–H groups in total. The zero-order valence-corrected chi connectivity index (χ0v) is 18.0. The third-order valence-corrected chi connectivity index (χ3v) is 5.51. The Kier molecular flexibility index (Phi) is 9.28. The van der Waals surface area contributed by atoms with Gasteiger partial charge in [-0.05, 0) is 68.9 Å². The van der Waals surface area contributed by atoms with Crippen LogP contribution in [0.1, 0.15) is 42.1 Å². The van der Waals surface area contributed by atoms with Gasteiger partial charge in [-0.2, -0.15) is 0 Å². The maximum atomic E-state index is 12.1. The second-order valence-corrected chi connectivity index (χ2v) is 7.74. The van der Waals surface area contributed by atoms with Crippen LogP contribution in [-0.2, 0) is 6.42 Å². The first-order valence-corrected chi connectivity index (χ1v) is 10.5. The topological polar surface area (TPSA) is 60.0 Å². The molecule has 28 heavy (non-hydrogen) atoms. The second kappa shape index (κ2) is 11.7. The molecule has 1 aromatic carbocycles. The highest BCUT2D eigenvalue weighted by molar-refractivity contribution is 5.94. The number of rotatable bonds is 8. The van der Waals surface area contributed by atoms with E-state index in [-0.39, 0.29) is 5.91 Å². The zero-order valence-electron chi connectivity index (χ0n) is 18.0. The quantitative estimate of drug-likeness (QED) is 0.530. The highest BCUT2D eigenvalue weighted by Gasteiger charge is 2.17. The Labute approximate surface area is 170 Å². The van der Waals surface area contributed by atoms with E-state index < -0.39 is 0 Å².